The van der Waals surface area contributed by atoms with Crippen LogP contribution in [-0.2, 0) is 21.2 Å². The van der Waals surface area contributed by atoms with Gasteiger partial charge in [-0.3, -0.25) is 4.79 Å². The lowest BCUT2D eigenvalue weighted by molar-refractivity contribution is -0.131. The van der Waals surface area contributed by atoms with Crippen LogP contribution in [0.5, 0.6) is 0 Å². The number of para-hydroxylation sites is 1. The number of anilines is 1. The molecule has 2 saturated heterocycles. The summed E-state index contributed by atoms with van der Waals surface area (Å²) in [7, 11) is -3.46. The highest BCUT2D eigenvalue weighted by Crippen LogP contribution is 2.24. The van der Waals surface area contributed by atoms with Gasteiger partial charge in [0.05, 0.1) is 4.90 Å². The number of benzene rings is 2. The Kier molecular flexibility index (Phi) is 6.83. The zero-order chi connectivity index (χ0) is 24.3. The van der Waals surface area contributed by atoms with Crippen LogP contribution in [-0.4, -0.2) is 72.9 Å². The van der Waals surface area contributed by atoms with E-state index in [1.54, 1.807) is 24.3 Å². The van der Waals surface area contributed by atoms with Crippen LogP contribution in [0, 0.1) is 0 Å². The molecule has 10 heteroatoms. The van der Waals surface area contributed by atoms with Gasteiger partial charge in [0.2, 0.25) is 27.6 Å². The molecule has 0 unspecified atom stereocenters. The lowest BCUT2D eigenvalue weighted by Crippen LogP contribution is -2.48. The Morgan fingerprint density at radius 1 is 0.886 bits per heavy atom. The molecule has 0 saturated carbocycles. The first-order valence-electron chi connectivity index (χ1n) is 12.0. The van der Waals surface area contributed by atoms with Gasteiger partial charge in [-0.1, -0.05) is 23.4 Å². The minimum Gasteiger partial charge on any atom is -0.368 e. The first-order valence-corrected chi connectivity index (χ1v) is 13.5. The van der Waals surface area contributed by atoms with Crippen LogP contribution in [0.1, 0.15) is 25.2 Å². The number of hydrogen-bond donors (Lipinski definition) is 0. The Morgan fingerprint density at radius 3 is 2.26 bits per heavy atom. The third-order valence-electron chi connectivity index (χ3n) is 6.59. The largest absolute Gasteiger partial charge is 0.368 e. The van der Waals surface area contributed by atoms with Gasteiger partial charge in [-0.15, -0.1) is 0 Å². The molecule has 9 nitrogen and oxygen atoms in total. The van der Waals surface area contributed by atoms with Gasteiger partial charge in [0.25, 0.3) is 0 Å². The van der Waals surface area contributed by atoms with E-state index in [4.69, 9.17) is 4.52 Å². The van der Waals surface area contributed by atoms with Crippen LogP contribution in [0.3, 0.4) is 0 Å². The minimum absolute atomic E-state index is 0.0777. The van der Waals surface area contributed by atoms with Crippen molar-refractivity contribution in [1.82, 2.24) is 19.3 Å². The predicted octanol–water partition coefficient (Wildman–Crippen LogP) is 2.80. The van der Waals surface area contributed by atoms with Crippen LogP contribution in [0.15, 0.2) is 64.0 Å². The molecular weight excluding hydrogens is 466 g/mol. The second kappa shape index (κ2) is 10.2. The predicted molar refractivity (Wildman–Crippen MR) is 131 cm³/mol. The van der Waals surface area contributed by atoms with Gasteiger partial charge in [0, 0.05) is 63.4 Å². The number of nitrogens with zero attached hydrogens (tertiary/aromatic N) is 5. The summed E-state index contributed by atoms with van der Waals surface area (Å²) in [6, 6.07) is 16.8. The Balaban J connectivity index is 1.14. The average Bonchev–Trinajstić information content (AvgIpc) is 3.61. The summed E-state index contributed by atoms with van der Waals surface area (Å²) >= 11 is 0. The Hall–Kier alpha value is -3.24. The summed E-state index contributed by atoms with van der Waals surface area (Å²) in [6.07, 6.45) is 2.47. The number of hydrogen-bond acceptors (Lipinski definition) is 7. The number of amides is 1. The highest BCUT2D eigenvalue weighted by Gasteiger charge is 2.27. The Labute approximate surface area is 205 Å². The van der Waals surface area contributed by atoms with E-state index in [-0.39, 0.29) is 10.8 Å². The van der Waals surface area contributed by atoms with Gasteiger partial charge >= 0.3 is 0 Å². The van der Waals surface area contributed by atoms with Crippen LogP contribution < -0.4 is 4.90 Å². The molecule has 0 bridgehead atoms. The second-order valence-electron chi connectivity index (χ2n) is 8.85. The molecule has 0 aliphatic carbocycles. The summed E-state index contributed by atoms with van der Waals surface area (Å²) < 4.78 is 32.3. The fourth-order valence-corrected chi connectivity index (χ4v) is 6.07. The number of rotatable bonds is 7. The Morgan fingerprint density at radius 2 is 1.57 bits per heavy atom. The molecule has 184 valence electrons. The van der Waals surface area contributed by atoms with Crippen molar-refractivity contribution in [3.05, 3.63) is 60.5 Å². The van der Waals surface area contributed by atoms with E-state index < -0.39 is 10.0 Å². The van der Waals surface area contributed by atoms with Gasteiger partial charge in [-0.05, 0) is 49.2 Å². The molecule has 0 radical (unpaired) electrons. The second-order valence-corrected chi connectivity index (χ2v) is 10.8. The number of sulfonamides is 1. The van der Waals surface area contributed by atoms with Crippen molar-refractivity contribution < 1.29 is 17.7 Å². The molecule has 0 spiro atoms. The molecule has 3 heterocycles. The van der Waals surface area contributed by atoms with E-state index in [0.717, 1.165) is 25.9 Å². The lowest BCUT2D eigenvalue weighted by atomic mass is 10.2. The van der Waals surface area contributed by atoms with E-state index >= 15 is 0 Å². The number of aryl methyl sites for hydroxylation is 1. The first kappa shape index (κ1) is 23.5. The van der Waals surface area contributed by atoms with Crippen molar-refractivity contribution in [2.45, 2.75) is 30.6 Å². The van der Waals surface area contributed by atoms with E-state index in [2.05, 4.69) is 27.2 Å². The summed E-state index contributed by atoms with van der Waals surface area (Å²) in [6.45, 7) is 4.14. The van der Waals surface area contributed by atoms with Crippen molar-refractivity contribution in [3.8, 4) is 11.4 Å². The number of carbonyl (C=O) groups is 1. The topological polar surface area (TPSA) is 99.8 Å². The summed E-state index contributed by atoms with van der Waals surface area (Å²) in [5, 5.41) is 4.01. The quantitative estimate of drug-likeness (QED) is 0.497. The number of piperazine rings is 1. The molecule has 3 aromatic rings. The zero-order valence-electron chi connectivity index (χ0n) is 19.5. The molecule has 0 atom stereocenters. The molecule has 35 heavy (non-hydrogen) atoms. The van der Waals surface area contributed by atoms with Crippen molar-refractivity contribution in [2.75, 3.05) is 44.2 Å². The summed E-state index contributed by atoms with van der Waals surface area (Å²) in [5.74, 6) is 0.855. The highest BCUT2D eigenvalue weighted by molar-refractivity contribution is 7.89. The van der Waals surface area contributed by atoms with Gasteiger partial charge in [0.15, 0.2) is 0 Å². The monoisotopic (exact) mass is 495 g/mol. The normalized spacial score (nSPS) is 17.1. The van der Waals surface area contributed by atoms with Crippen molar-refractivity contribution >= 4 is 21.6 Å². The number of aromatic nitrogens is 2. The Bertz CT molecular complexity index is 1250. The first-order chi connectivity index (χ1) is 17.0. The van der Waals surface area contributed by atoms with Crippen LogP contribution in [0.25, 0.3) is 11.4 Å². The molecule has 1 amide bonds. The van der Waals surface area contributed by atoms with Gasteiger partial charge in [-0.2, -0.15) is 9.29 Å². The van der Waals surface area contributed by atoms with E-state index in [1.165, 1.54) is 9.99 Å². The third-order valence-corrected chi connectivity index (χ3v) is 8.50. The van der Waals surface area contributed by atoms with E-state index in [0.29, 0.717) is 56.3 Å². The highest BCUT2D eigenvalue weighted by atomic mass is 32.2. The van der Waals surface area contributed by atoms with Gasteiger partial charge < -0.3 is 14.3 Å². The molecule has 5 rings (SSSR count). The summed E-state index contributed by atoms with van der Waals surface area (Å²) in [5.41, 5.74) is 1.85. The van der Waals surface area contributed by atoms with E-state index in [9.17, 15) is 13.2 Å². The van der Waals surface area contributed by atoms with Crippen LogP contribution >= 0.6 is 0 Å². The fraction of sp³-hybridized carbons (Fsp3) is 0.400. The molecule has 2 aliphatic rings. The molecule has 0 N–H and O–H groups in total. The standard InChI is InChI=1S/C25H29N5O4S/c31-24(29-18-16-28(17-19-29)21-6-2-1-3-7-21)13-12-23-26-25(27-34-23)20-8-10-22(11-9-20)35(32,33)30-14-4-5-15-30/h1-3,6-11H,4-5,12-19H2. The van der Waals surface area contributed by atoms with Gasteiger partial charge in [0.1, 0.15) is 0 Å². The maximum atomic E-state index is 12.7. The maximum absolute atomic E-state index is 12.7. The SMILES string of the molecule is O=C(CCc1nc(-c2ccc(S(=O)(=O)N3CCCC3)cc2)no1)N1CCN(c2ccccc2)CC1. The van der Waals surface area contributed by atoms with Gasteiger partial charge in [-0.25, -0.2) is 8.42 Å². The van der Waals surface area contributed by atoms with E-state index in [1.807, 2.05) is 23.1 Å². The zero-order valence-corrected chi connectivity index (χ0v) is 20.4. The third kappa shape index (κ3) is 5.23. The minimum atomic E-state index is -3.46. The van der Waals surface area contributed by atoms with Crippen molar-refractivity contribution in [2.24, 2.45) is 0 Å². The molecule has 2 fully saturated rings. The summed E-state index contributed by atoms with van der Waals surface area (Å²) in [4.78, 5) is 21.5. The fourth-order valence-electron chi connectivity index (χ4n) is 4.55. The lowest BCUT2D eigenvalue weighted by Gasteiger charge is -2.36. The maximum Gasteiger partial charge on any atom is 0.243 e. The molecule has 1 aromatic heterocycles. The van der Waals surface area contributed by atoms with Crippen molar-refractivity contribution in [3.63, 3.8) is 0 Å². The van der Waals surface area contributed by atoms with Crippen LogP contribution in [0.2, 0.25) is 0 Å². The van der Waals surface area contributed by atoms with Crippen LogP contribution in [0.4, 0.5) is 5.69 Å². The smallest absolute Gasteiger partial charge is 0.243 e. The molecular formula is C25H29N5O4S. The average molecular weight is 496 g/mol. The molecule has 2 aromatic carbocycles. The number of carbonyl (C=O) groups excluding carboxylic acids is 1. The van der Waals surface area contributed by atoms with Crippen molar-refractivity contribution in [1.29, 1.82) is 0 Å². The molecule has 2 aliphatic heterocycles.